The van der Waals surface area contributed by atoms with Gasteiger partial charge in [-0.25, -0.2) is 18.1 Å². The zero-order chi connectivity index (χ0) is 24.1. The monoisotopic (exact) mass is 590 g/mol. The van der Waals surface area contributed by atoms with Crippen molar-refractivity contribution < 1.29 is 18.6 Å². The van der Waals surface area contributed by atoms with Crippen molar-refractivity contribution in [2.45, 2.75) is 56.1 Å². The smallest absolute Gasteiger partial charge is 0.252 e. The Bertz CT molecular complexity index is 1230. The maximum absolute atomic E-state index is 12.8. The molecule has 2 unspecified atom stereocenters. The SMILES string of the molecule is COc1ccc(CNS(=O)(=O)c2sc(C)nc2C)cc1CNC1CCCNC1c1ccccc1.Cl.Cl.O. The summed E-state index contributed by atoms with van der Waals surface area (Å²) in [5.41, 5.74) is 3.69. The van der Waals surface area contributed by atoms with Gasteiger partial charge in [-0.2, -0.15) is 0 Å². The number of hydrogen-bond acceptors (Lipinski definition) is 7. The standard InChI is InChI=1S/C25H32N4O3S2.2ClH.H2O/c1-17-25(33-18(2)29-17)34(30,31)28-15-19-11-12-23(32-3)21(14-19)16-27-22-10-7-13-26-24(22)20-8-5-4-6-9-20;;;/h4-6,8-9,11-12,14,22,24,26-28H,7,10,13,15-16H2,1-3H3;2*1H;1H2. The molecule has 2 heterocycles. The highest BCUT2D eigenvalue weighted by Crippen LogP contribution is 2.26. The fraction of sp³-hybridized carbons (Fsp3) is 0.400. The molecule has 0 aliphatic carbocycles. The van der Waals surface area contributed by atoms with Gasteiger partial charge in [-0.05, 0) is 56.5 Å². The van der Waals surface area contributed by atoms with Gasteiger partial charge in [0.2, 0.25) is 0 Å². The van der Waals surface area contributed by atoms with Crippen LogP contribution in [0.15, 0.2) is 52.7 Å². The number of methoxy groups -OCH3 is 1. The lowest BCUT2D eigenvalue weighted by Crippen LogP contribution is -2.45. The number of benzene rings is 2. The number of thiazole rings is 1. The first-order valence-electron chi connectivity index (χ1n) is 11.5. The van der Waals surface area contributed by atoms with Gasteiger partial charge in [0.15, 0.2) is 4.21 Å². The number of aromatic nitrogens is 1. The Labute approximate surface area is 235 Å². The first kappa shape index (κ1) is 33.3. The average molecular weight is 592 g/mol. The van der Waals surface area contributed by atoms with Crippen molar-refractivity contribution in [1.82, 2.24) is 20.3 Å². The quantitative estimate of drug-likeness (QED) is 0.348. The molecule has 12 heteroatoms. The minimum atomic E-state index is -3.61. The van der Waals surface area contributed by atoms with E-state index in [1.54, 1.807) is 14.0 Å². The van der Waals surface area contributed by atoms with Gasteiger partial charge < -0.3 is 20.8 Å². The number of halogens is 2. The Balaban J connectivity index is 0.00000228. The number of aryl methyl sites for hydroxylation is 2. The molecule has 3 aromatic rings. The minimum absolute atomic E-state index is 0. The molecule has 1 saturated heterocycles. The highest BCUT2D eigenvalue weighted by atomic mass is 35.5. The normalized spacial score (nSPS) is 17.2. The molecule has 2 atom stereocenters. The third-order valence-corrected chi connectivity index (χ3v) is 9.17. The Kier molecular flexibility index (Phi) is 13.5. The van der Waals surface area contributed by atoms with E-state index in [2.05, 4.69) is 44.6 Å². The zero-order valence-electron chi connectivity index (χ0n) is 21.1. The van der Waals surface area contributed by atoms with E-state index in [1.165, 1.54) is 16.9 Å². The van der Waals surface area contributed by atoms with E-state index < -0.39 is 10.0 Å². The van der Waals surface area contributed by atoms with Crippen LogP contribution in [0.25, 0.3) is 0 Å². The van der Waals surface area contributed by atoms with Crippen molar-refractivity contribution in [3.63, 3.8) is 0 Å². The lowest BCUT2D eigenvalue weighted by molar-refractivity contribution is 0.303. The van der Waals surface area contributed by atoms with Gasteiger partial charge in [0.1, 0.15) is 5.75 Å². The Morgan fingerprint density at radius 2 is 1.84 bits per heavy atom. The molecule has 1 aromatic heterocycles. The predicted molar refractivity (Wildman–Crippen MR) is 154 cm³/mol. The molecule has 0 amide bonds. The second-order valence-electron chi connectivity index (χ2n) is 8.55. The lowest BCUT2D eigenvalue weighted by Gasteiger charge is -2.34. The van der Waals surface area contributed by atoms with Gasteiger partial charge in [0.25, 0.3) is 10.0 Å². The summed E-state index contributed by atoms with van der Waals surface area (Å²) < 4.78 is 34.1. The summed E-state index contributed by atoms with van der Waals surface area (Å²) in [5.74, 6) is 0.785. The van der Waals surface area contributed by atoms with Crippen LogP contribution in [0.1, 0.15) is 46.3 Å². The summed E-state index contributed by atoms with van der Waals surface area (Å²) in [6, 6.07) is 16.9. The van der Waals surface area contributed by atoms with E-state index >= 15 is 0 Å². The van der Waals surface area contributed by atoms with Gasteiger partial charge in [-0.3, -0.25) is 0 Å². The number of ether oxygens (including phenoxy) is 1. The number of hydrogen-bond donors (Lipinski definition) is 3. The lowest BCUT2D eigenvalue weighted by atomic mass is 9.92. The van der Waals surface area contributed by atoms with E-state index in [1.807, 2.05) is 31.2 Å². The van der Waals surface area contributed by atoms with Crippen LogP contribution in [-0.2, 0) is 23.1 Å². The molecule has 0 radical (unpaired) electrons. The molecule has 1 aliphatic rings. The fourth-order valence-electron chi connectivity index (χ4n) is 4.45. The van der Waals surface area contributed by atoms with Crippen molar-refractivity contribution >= 4 is 46.2 Å². The highest BCUT2D eigenvalue weighted by molar-refractivity contribution is 7.91. The van der Waals surface area contributed by atoms with Crippen LogP contribution < -0.4 is 20.1 Å². The van der Waals surface area contributed by atoms with Gasteiger partial charge >= 0.3 is 0 Å². The van der Waals surface area contributed by atoms with Crippen molar-refractivity contribution in [3.05, 3.63) is 75.9 Å². The molecular formula is C25H36Cl2N4O4S2. The van der Waals surface area contributed by atoms with Crippen LogP contribution in [0.2, 0.25) is 0 Å². The summed E-state index contributed by atoms with van der Waals surface area (Å²) in [6.45, 7) is 5.37. The maximum Gasteiger partial charge on any atom is 0.252 e. The Morgan fingerprint density at radius 1 is 1.11 bits per heavy atom. The summed E-state index contributed by atoms with van der Waals surface area (Å²) in [6.07, 6.45) is 2.21. The predicted octanol–water partition coefficient (Wildman–Crippen LogP) is 3.85. The topological polar surface area (TPSA) is 124 Å². The molecule has 1 aliphatic heterocycles. The molecule has 0 bridgehead atoms. The van der Waals surface area contributed by atoms with Crippen LogP contribution in [-0.4, -0.2) is 38.6 Å². The Morgan fingerprint density at radius 3 is 2.49 bits per heavy atom. The van der Waals surface area contributed by atoms with Crippen LogP contribution in [0, 0.1) is 13.8 Å². The molecule has 37 heavy (non-hydrogen) atoms. The van der Waals surface area contributed by atoms with Crippen molar-refractivity contribution in [2.75, 3.05) is 13.7 Å². The average Bonchev–Trinajstić information content (AvgIpc) is 3.21. The van der Waals surface area contributed by atoms with Gasteiger partial charge in [-0.15, -0.1) is 36.2 Å². The molecule has 4 rings (SSSR count). The number of nitrogens with zero attached hydrogens (tertiary/aromatic N) is 1. The van der Waals surface area contributed by atoms with Crippen LogP contribution in [0.3, 0.4) is 0 Å². The van der Waals surface area contributed by atoms with Gasteiger partial charge in [0.05, 0.1) is 17.8 Å². The molecule has 1 fully saturated rings. The second-order valence-corrected chi connectivity index (χ2v) is 11.7. The fourth-order valence-corrected chi connectivity index (χ4v) is 6.99. The van der Waals surface area contributed by atoms with E-state index in [4.69, 9.17) is 4.74 Å². The molecule has 2 aromatic carbocycles. The number of rotatable bonds is 9. The largest absolute Gasteiger partial charge is 0.496 e. The first-order chi connectivity index (χ1) is 16.4. The van der Waals surface area contributed by atoms with E-state index in [0.29, 0.717) is 18.3 Å². The molecule has 206 valence electrons. The highest BCUT2D eigenvalue weighted by Gasteiger charge is 2.26. The van der Waals surface area contributed by atoms with Crippen molar-refractivity contribution in [3.8, 4) is 5.75 Å². The van der Waals surface area contributed by atoms with E-state index in [9.17, 15) is 8.42 Å². The third-order valence-electron chi connectivity index (χ3n) is 6.09. The van der Waals surface area contributed by atoms with E-state index in [0.717, 1.165) is 41.3 Å². The molecule has 0 spiro atoms. The number of piperidine rings is 1. The minimum Gasteiger partial charge on any atom is -0.496 e. The van der Waals surface area contributed by atoms with Gasteiger partial charge in [0, 0.05) is 30.7 Å². The molecule has 0 saturated carbocycles. The number of nitrogens with one attached hydrogen (secondary N) is 3. The summed E-state index contributed by atoms with van der Waals surface area (Å²) in [7, 11) is -1.96. The van der Waals surface area contributed by atoms with E-state index in [-0.39, 0.29) is 47.1 Å². The Hall–Kier alpha value is -1.76. The van der Waals surface area contributed by atoms with Crippen molar-refractivity contribution in [2.24, 2.45) is 0 Å². The van der Waals surface area contributed by atoms with Crippen LogP contribution >= 0.6 is 36.2 Å². The van der Waals surface area contributed by atoms with Crippen molar-refractivity contribution in [1.29, 1.82) is 0 Å². The molecule has 5 N–H and O–H groups in total. The maximum atomic E-state index is 12.8. The first-order valence-corrected chi connectivity index (χ1v) is 13.8. The second kappa shape index (κ2) is 15.0. The van der Waals surface area contributed by atoms with Crippen LogP contribution in [0.4, 0.5) is 0 Å². The third kappa shape index (κ3) is 8.36. The molecular weight excluding hydrogens is 555 g/mol. The van der Waals surface area contributed by atoms with Gasteiger partial charge in [-0.1, -0.05) is 36.4 Å². The zero-order valence-corrected chi connectivity index (χ0v) is 24.4. The van der Waals surface area contributed by atoms with Crippen LogP contribution in [0.5, 0.6) is 5.75 Å². The molecule has 8 nitrogen and oxygen atoms in total. The number of sulfonamides is 1. The summed E-state index contributed by atoms with van der Waals surface area (Å²) >= 11 is 1.19. The summed E-state index contributed by atoms with van der Waals surface area (Å²) in [4.78, 5) is 4.24. The summed E-state index contributed by atoms with van der Waals surface area (Å²) in [5, 5.41) is 8.09.